The fourth-order valence-corrected chi connectivity index (χ4v) is 4.87. The lowest BCUT2D eigenvalue weighted by atomic mass is 9.68. The molecule has 0 aromatic carbocycles. The van der Waals surface area contributed by atoms with E-state index in [2.05, 4.69) is 20.8 Å². The standard InChI is InChI=1S/C14H22O/c1-9-13(2,3)6-4-5-11-12-7-10(15)8-14(9,11)12/h9,11-12H,4-8H2,1-3H3/t9-,11+,12-,14+/m1/s1. The normalized spacial score (nSPS) is 51.9. The van der Waals surface area contributed by atoms with E-state index in [1.165, 1.54) is 19.3 Å². The highest BCUT2D eigenvalue weighted by Crippen LogP contribution is 2.76. The van der Waals surface area contributed by atoms with Crippen LogP contribution in [0.15, 0.2) is 0 Å². The summed E-state index contributed by atoms with van der Waals surface area (Å²) in [6.45, 7) is 7.23. The summed E-state index contributed by atoms with van der Waals surface area (Å²) in [6.07, 6.45) is 5.95. The topological polar surface area (TPSA) is 17.1 Å². The molecule has 3 fully saturated rings. The number of carbonyl (C=O) groups excluding carboxylic acids is 1. The third kappa shape index (κ3) is 1.07. The Morgan fingerprint density at radius 1 is 1.27 bits per heavy atom. The molecule has 0 bridgehead atoms. The van der Waals surface area contributed by atoms with Crippen LogP contribution in [-0.2, 0) is 4.79 Å². The summed E-state index contributed by atoms with van der Waals surface area (Å²) in [5.41, 5.74) is 0.908. The summed E-state index contributed by atoms with van der Waals surface area (Å²) in [5.74, 6) is 2.97. The lowest BCUT2D eigenvalue weighted by molar-refractivity contribution is -0.119. The van der Waals surface area contributed by atoms with E-state index in [9.17, 15) is 4.79 Å². The summed E-state index contributed by atoms with van der Waals surface area (Å²) in [5, 5.41) is 0. The maximum atomic E-state index is 11.6. The lowest BCUT2D eigenvalue weighted by Crippen LogP contribution is -2.29. The van der Waals surface area contributed by atoms with E-state index < -0.39 is 0 Å². The third-order valence-corrected chi connectivity index (χ3v) is 6.02. The summed E-state index contributed by atoms with van der Waals surface area (Å²) in [4.78, 5) is 11.6. The molecule has 3 aliphatic rings. The van der Waals surface area contributed by atoms with Crippen LogP contribution in [-0.4, -0.2) is 5.78 Å². The Morgan fingerprint density at radius 2 is 2.00 bits per heavy atom. The smallest absolute Gasteiger partial charge is 0.133 e. The zero-order chi connectivity index (χ0) is 10.8. The molecule has 3 rings (SSSR count). The van der Waals surface area contributed by atoms with Crippen molar-refractivity contribution < 1.29 is 4.79 Å². The second-order valence-corrected chi connectivity index (χ2v) is 6.85. The van der Waals surface area contributed by atoms with Crippen LogP contribution in [0.2, 0.25) is 0 Å². The van der Waals surface area contributed by atoms with E-state index in [1.807, 2.05) is 0 Å². The van der Waals surface area contributed by atoms with E-state index in [1.54, 1.807) is 0 Å². The molecule has 0 aliphatic heterocycles. The summed E-state index contributed by atoms with van der Waals surface area (Å²) in [7, 11) is 0. The van der Waals surface area contributed by atoms with Gasteiger partial charge < -0.3 is 0 Å². The number of carbonyl (C=O) groups is 1. The molecule has 3 aliphatic carbocycles. The minimum atomic E-state index is 0.452. The minimum Gasteiger partial charge on any atom is -0.300 e. The van der Waals surface area contributed by atoms with E-state index >= 15 is 0 Å². The molecular weight excluding hydrogens is 184 g/mol. The zero-order valence-corrected chi connectivity index (χ0v) is 10.2. The van der Waals surface area contributed by atoms with Crippen molar-refractivity contribution >= 4 is 5.78 Å². The van der Waals surface area contributed by atoms with Gasteiger partial charge in [-0.25, -0.2) is 0 Å². The van der Waals surface area contributed by atoms with Gasteiger partial charge in [-0.1, -0.05) is 27.2 Å². The van der Waals surface area contributed by atoms with Crippen molar-refractivity contribution in [3.8, 4) is 0 Å². The van der Waals surface area contributed by atoms with Gasteiger partial charge in [0.2, 0.25) is 0 Å². The molecule has 0 aromatic heterocycles. The number of ketones is 1. The van der Waals surface area contributed by atoms with Gasteiger partial charge >= 0.3 is 0 Å². The van der Waals surface area contributed by atoms with E-state index in [4.69, 9.17) is 0 Å². The van der Waals surface area contributed by atoms with Crippen LogP contribution >= 0.6 is 0 Å². The van der Waals surface area contributed by atoms with Crippen LogP contribution in [0.1, 0.15) is 52.9 Å². The first kappa shape index (κ1) is 9.86. The molecule has 0 unspecified atom stereocenters. The van der Waals surface area contributed by atoms with Crippen LogP contribution in [0.25, 0.3) is 0 Å². The van der Waals surface area contributed by atoms with Gasteiger partial charge in [-0.05, 0) is 41.4 Å². The molecule has 1 nitrogen and oxygen atoms in total. The van der Waals surface area contributed by atoms with Gasteiger partial charge in [0.25, 0.3) is 0 Å². The van der Waals surface area contributed by atoms with Gasteiger partial charge in [0.15, 0.2) is 0 Å². The van der Waals surface area contributed by atoms with Crippen molar-refractivity contribution in [2.75, 3.05) is 0 Å². The van der Waals surface area contributed by atoms with E-state index in [0.717, 1.165) is 30.6 Å². The largest absolute Gasteiger partial charge is 0.300 e. The van der Waals surface area contributed by atoms with E-state index in [-0.39, 0.29) is 0 Å². The van der Waals surface area contributed by atoms with Crippen molar-refractivity contribution in [2.24, 2.45) is 28.6 Å². The first-order valence-electron chi connectivity index (χ1n) is 6.50. The molecule has 0 aromatic rings. The Labute approximate surface area is 92.6 Å². The molecule has 1 spiro atoms. The average molecular weight is 206 g/mol. The lowest BCUT2D eigenvalue weighted by Gasteiger charge is -2.36. The van der Waals surface area contributed by atoms with Crippen molar-refractivity contribution in [2.45, 2.75) is 52.9 Å². The van der Waals surface area contributed by atoms with Gasteiger partial charge in [0.05, 0.1) is 0 Å². The van der Waals surface area contributed by atoms with Gasteiger partial charge in [0, 0.05) is 12.8 Å². The first-order chi connectivity index (χ1) is 6.98. The predicted octanol–water partition coefficient (Wildman–Crippen LogP) is 3.43. The highest BCUT2D eigenvalue weighted by Gasteiger charge is 2.72. The number of rotatable bonds is 0. The number of hydrogen-bond donors (Lipinski definition) is 0. The van der Waals surface area contributed by atoms with Gasteiger partial charge in [-0.15, -0.1) is 0 Å². The van der Waals surface area contributed by atoms with Crippen molar-refractivity contribution in [1.82, 2.24) is 0 Å². The Hall–Kier alpha value is -0.330. The summed E-state index contributed by atoms with van der Waals surface area (Å²) >= 11 is 0. The van der Waals surface area contributed by atoms with Crippen molar-refractivity contribution in [1.29, 1.82) is 0 Å². The number of hydrogen-bond acceptors (Lipinski definition) is 1. The molecule has 4 atom stereocenters. The monoisotopic (exact) mass is 206 g/mol. The maximum absolute atomic E-state index is 11.6. The molecule has 0 N–H and O–H groups in total. The minimum absolute atomic E-state index is 0.452. The molecule has 0 heterocycles. The molecule has 0 amide bonds. The molecule has 0 radical (unpaired) electrons. The van der Waals surface area contributed by atoms with Gasteiger partial charge in [0.1, 0.15) is 5.78 Å². The molecule has 0 saturated heterocycles. The Kier molecular flexibility index (Phi) is 1.76. The van der Waals surface area contributed by atoms with Gasteiger partial charge in [-0.3, -0.25) is 4.79 Å². The Morgan fingerprint density at radius 3 is 2.73 bits per heavy atom. The van der Waals surface area contributed by atoms with Crippen LogP contribution in [0, 0.1) is 28.6 Å². The highest BCUT2D eigenvalue weighted by molar-refractivity contribution is 5.84. The van der Waals surface area contributed by atoms with Crippen molar-refractivity contribution in [3.05, 3.63) is 0 Å². The molecule has 84 valence electrons. The van der Waals surface area contributed by atoms with E-state index in [0.29, 0.717) is 16.6 Å². The highest BCUT2D eigenvalue weighted by atomic mass is 16.1. The van der Waals surface area contributed by atoms with Crippen molar-refractivity contribution in [3.63, 3.8) is 0 Å². The van der Waals surface area contributed by atoms with Crippen LogP contribution in [0.4, 0.5) is 0 Å². The Balaban J connectivity index is 1.96. The third-order valence-electron chi connectivity index (χ3n) is 6.02. The predicted molar refractivity (Wildman–Crippen MR) is 60.5 cm³/mol. The fraction of sp³-hybridized carbons (Fsp3) is 0.929. The summed E-state index contributed by atoms with van der Waals surface area (Å²) < 4.78 is 0. The number of Topliss-reactive ketones (excluding diaryl/α,β-unsaturated/α-hetero) is 1. The van der Waals surface area contributed by atoms with Crippen LogP contribution in [0.5, 0.6) is 0 Å². The SMILES string of the molecule is C[C@@H]1C(C)(C)CCC[C@H]2[C@H]3CC(=O)C[C@]312. The van der Waals surface area contributed by atoms with Crippen LogP contribution in [0.3, 0.4) is 0 Å². The molecular formula is C14H22O. The zero-order valence-electron chi connectivity index (χ0n) is 10.2. The second-order valence-electron chi connectivity index (χ2n) is 6.85. The molecule has 15 heavy (non-hydrogen) atoms. The number of fused-ring (bicyclic) bond motifs is 1. The molecule has 3 saturated carbocycles. The van der Waals surface area contributed by atoms with Crippen LogP contribution < -0.4 is 0 Å². The second kappa shape index (κ2) is 2.67. The fourth-order valence-electron chi connectivity index (χ4n) is 4.87. The maximum Gasteiger partial charge on any atom is 0.133 e. The quantitative estimate of drug-likeness (QED) is 0.593. The van der Waals surface area contributed by atoms with Gasteiger partial charge in [-0.2, -0.15) is 0 Å². The average Bonchev–Trinajstić information content (AvgIpc) is 2.62. The summed E-state index contributed by atoms with van der Waals surface area (Å²) in [6, 6.07) is 0. The first-order valence-corrected chi connectivity index (χ1v) is 6.50. The molecule has 1 heteroatoms. The Bertz CT molecular complexity index is 317.